The van der Waals surface area contributed by atoms with Gasteiger partial charge in [0.15, 0.2) is 5.82 Å². The number of para-hydroxylation sites is 2. The number of nitrogens with zero attached hydrogens (tertiary/aromatic N) is 6. The van der Waals surface area contributed by atoms with Crippen LogP contribution in [0.1, 0.15) is 49.3 Å². The Morgan fingerprint density at radius 3 is 2.62 bits per heavy atom. The summed E-state index contributed by atoms with van der Waals surface area (Å²) >= 11 is 0. The van der Waals surface area contributed by atoms with E-state index in [1.54, 1.807) is 42.1 Å². The standard InChI is InChI=1S/C34H39N9O4/c1-41-31-21(6-4-9-27(31)43(34(41)47)28-11-12-30(45)38-33(28)46)7-5-15-42-16-13-23(14-17-42)37-20-22(19-35)25-18-26(39-40-32(25)36)24-8-2-3-10-29(24)44/h2-4,6,8-10,18-20,23,28,44H,5,7,11-17,35H2,1H3,(H2,36,40)(H,38,45,46). The predicted molar refractivity (Wildman–Crippen MR) is 181 cm³/mol. The lowest BCUT2D eigenvalue weighted by Crippen LogP contribution is -2.44. The van der Waals surface area contributed by atoms with Gasteiger partial charge in [-0.05, 0) is 68.5 Å². The number of hydrogen-bond donors (Lipinski definition) is 4. The molecule has 0 saturated carbocycles. The van der Waals surface area contributed by atoms with Crippen LogP contribution in [0, 0.1) is 0 Å². The Morgan fingerprint density at radius 1 is 1.09 bits per heavy atom. The zero-order valence-electron chi connectivity index (χ0n) is 26.3. The van der Waals surface area contributed by atoms with Crippen molar-refractivity contribution in [1.82, 2.24) is 29.5 Å². The number of nitrogens with one attached hydrogen (secondary N) is 1. The van der Waals surface area contributed by atoms with Crippen molar-refractivity contribution in [2.24, 2.45) is 17.8 Å². The van der Waals surface area contributed by atoms with Gasteiger partial charge in [0.05, 0.1) is 22.8 Å². The number of aromatic nitrogens is 4. The molecule has 2 aromatic carbocycles. The fourth-order valence-electron chi connectivity index (χ4n) is 6.58. The molecule has 1 atom stereocenters. The molecule has 0 bridgehead atoms. The van der Waals surface area contributed by atoms with E-state index in [0.717, 1.165) is 56.4 Å². The number of imidazole rings is 1. The summed E-state index contributed by atoms with van der Waals surface area (Å²) in [6.45, 7) is 2.74. The lowest BCUT2D eigenvalue weighted by atomic mass is 10.0. The van der Waals surface area contributed by atoms with E-state index in [9.17, 15) is 19.5 Å². The quantitative estimate of drug-likeness (QED) is 0.158. The maximum absolute atomic E-state index is 13.2. The fraction of sp³-hybridized carbons (Fsp3) is 0.353. The molecule has 47 heavy (non-hydrogen) atoms. The first-order valence-corrected chi connectivity index (χ1v) is 15.9. The second-order valence-electron chi connectivity index (χ2n) is 12.1. The van der Waals surface area contributed by atoms with E-state index < -0.39 is 11.9 Å². The summed E-state index contributed by atoms with van der Waals surface area (Å²) in [5, 5.41) is 20.8. The molecular formula is C34H39N9O4. The van der Waals surface area contributed by atoms with Gasteiger partial charge in [0.2, 0.25) is 11.8 Å². The first kappa shape index (κ1) is 31.7. The molecule has 13 heteroatoms. The highest BCUT2D eigenvalue weighted by Crippen LogP contribution is 2.30. The number of piperidine rings is 2. The molecule has 2 saturated heterocycles. The minimum atomic E-state index is -0.695. The van der Waals surface area contributed by atoms with Crippen LogP contribution in [0.4, 0.5) is 5.82 Å². The lowest BCUT2D eigenvalue weighted by Gasteiger charge is -2.30. The number of nitrogen functional groups attached to an aromatic ring is 1. The van der Waals surface area contributed by atoms with Crippen LogP contribution in [0.15, 0.2) is 64.5 Å². The number of nitrogens with two attached hydrogens (primary N) is 2. The Hall–Kier alpha value is -5.30. The van der Waals surface area contributed by atoms with Gasteiger partial charge in [0.1, 0.15) is 11.8 Å². The van der Waals surface area contributed by atoms with Crippen LogP contribution >= 0.6 is 0 Å². The molecule has 6 N–H and O–H groups in total. The second-order valence-corrected chi connectivity index (χ2v) is 12.1. The number of likely N-dealkylation sites (tertiary alicyclic amines) is 1. The Morgan fingerprint density at radius 2 is 1.87 bits per heavy atom. The maximum atomic E-state index is 13.2. The molecule has 2 amide bonds. The number of rotatable bonds is 9. The summed E-state index contributed by atoms with van der Waals surface area (Å²) < 4.78 is 3.15. The van der Waals surface area contributed by atoms with Crippen molar-refractivity contribution < 1.29 is 14.7 Å². The fourth-order valence-corrected chi connectivity index (χ4v) is 6.58. The zero-order chi connectivity index (χ0) is 33.1. The molecule has 0 radical (unpaired) electrons. The largest absolute Gasteiger partial charge is 0.507 e. The first-order chi connectivity index (χ1) is 22.7. The summed E-state index contributed by atoms with van der Waals surface area (Å²) in [6, 6.07) is 13.9. The van der Waals surface area contributed by atoms with E-state index in [2.05, 4.69) is 20.4 Å². The second kappa shape index (κ2) is 13.6. The van der Waals surface area contributed by atoms with E-state index >= 15 is 0 Å². The van der Waals surface area contributed by atoms with Crippen LogP contribution in [0.25, 0.3) is 27.9 Å². The van der Waals surface area contributed by atoms with Crippen LogP contribution < -0.4 is 22.5 Å². The van der Waals surface area contributed by atoms with Crippen molar-refractivity contribution in [1.29, 1.82) is 0 Å². The lowest BCUT2D eigenvalue weighted by molar-refractivity contribution is -0.135. The molecule has 0 spiro atoms. The maximum Gasteiger partial charge on any atom is 0.329 e. The average molecular weight is 638 g/mol. The van der Waals surface area contributed by atoms with Crippen LogP contribution in [0.3, 0.4) is 0 Å². The van der Waals surface area contributed by atoms with Gasteiger partial charge in [-0.1, -0.05) is 24.3 Å². The summed E-state index contributed by atoms with van der Waals surface area (Å²) in [7, 11) is 1.74. The summed E-state index contributed by atoms with van der Waals surface area (Å²) in [5.74, 6) is -0.407. The highest BCUT2D eigenvalue weighted by atomic mass is 16.3. The smallest absolute Gasteiger partial charge is 0.329 e. The minimum Gasteiger partial charge on any atom is -0.507 e. The topological polar surface area (TPSA) is 187 Å². The number of carbonyl (C=O) groups excluding carboxylic acids is 2. The van der Waals surface area contributed by atoms with Crippen LogP contribution in [0.5, 0.6) is 5.75 Å². The highest BCUT2D eigenvalue weighted by Gasteiger charge is 2.31. The molecule has 13 nitrogen and oxygen atoms in total. The summed E-state index contributed by atoms with van der Waals surface area (Å²) in [5.41, 5.74) is 16.7. The van der Waals surface area contributed by atoms with Crippen molar-refractivity contribution in [3.8, 4) is 17.0 Å². The van der Waals surface area contributed by atoms with E-state index in [1.807, 2.05) is 24.3 Å². The van der Waals surface area contributed by atoms with E-state index in [0.29, 0.717) is 34.3 Å². The van der Waals surface area contributed by atoms with Gasteiger partial charge in [-0.25, -0.2) is 4.79 Å². The van der Waals surface area contributed by atoms with Gasteiger partial charge in [-0.3, -0.25) is 29.0 Å². The number of imide groups is 1. The number of carbonyl (C=O) groups is 2. The number of fused-ring (bicyclic) bond motifs is 1. The third-order valence-electron chi connectivity index (χ3n) is 9.10. The molecule has 4 heterocycles. The van der Waals surface area contributed by atoms with Gasteiger partial charge in [0.25, 0.3) is 0 Å². The molecule has 6 rings (SSSR count). The highest BCUT2D eigenvalue weighted by molar-refractivity contribution is 6.11. The molecule has 2 aliphatic rings. The van der Waals surface area contributed by atoms with Crippen molar-refractivity contribution in [3.63, 3.8) is 0 Å². The average Bonchev–Trinajstić information content (AvgIpc) is 3.32. The van der Waals surface area contributed by atoms with Crippen LogP contribution in [-0.4, -0.2) is 73.0 Å². The molecule has 2 fully saturated rings. The van der Waals surface area contributed by atoms with Crippen molar-refractivity contribution in [3.05, 3.63) is 76.3 Å². The Labute approximate surface area is 271 Å². The molecule has 0 aliphatic carbocycles. The molecule has 2 aliphatic heterocycles. The molecule has 1 unspecified atom stereocenters. The SMILES string of the molecule is Cn1c(=O)n(C2CCC(=O)NC2=O)c2cccc(CCCN3CCC(N=CC(=CN)c4cc(-c5ccccc5O)nnc4N)CC3)c21. The van der Waals surface area contributed by atoms with E-state index in [1.165, 1.54) is 10.8 Å². The third-order valence-corrected chi connectivity index (χ3v) is 9.10. The Balaban J connectivity index is 1.05. The predicted octanol–water partition coefficient (Wildman–Crippen LogP) is 2.53. The van der Waals surface area contributed by atoms with Gasteiger partial charge in [-0.2, -0.15) is 0 Å². The number of phenolic OH excluding ortho intramolecular Hbond substituents is 1. The molecular weight excluding hydrogens is 598 g/mol. The zero-order valence-corrected chi connectivity index (χ0v) is 26.3. The van der Waals surface area contributed by atoms with Crippen molar-refractivity contribution in [2.45, 2.75) is 50.6 Å². The number of aryl methyl sites for hydroxylation is 2. The number of benzene rings is 2. The monoisotopic (exact) mass is 637 g/mol. The normalized spacial score (nSPS) is 18.3. The molecule has 244 valence electrons. The number of amides is 2. The summed E-state index contributed by atoms with van der Waals surface area (Å²) in [4.78, 5) is 44.7. The number of phenols is 1. The van der Waals surface area contributed by atoms with Crippen LogP contribution in [-0.2, 0) is 23.1 Å². The number of aliphatic imine (C=N–C) groups is 1. The van der Waals surface area contributed by atoms with E-state index in [-0.39, 0.29) is 35.6 Å². The van der Waals surface area contributed by atoms with Crippen molar-refractivity contribution >= 4 is 40.5 Å². The van der Waals surface area contributed by atoms with Crippen LogP contribution in [0.2, 0.25) is 0 Å². The molecule has 2 aromatic heterocycles. The van der Waals surface area contributed by atoms with Gasteiger partial charge in [-0.15, -0.1) is 10.2 Å². The van der Waals surface area contributed by atoms with Gasteiger partial charge >= 0.3 is 5.69 Å². The van der Waals surface area contributed by atoms with E-state index in [4.69, 9.17) is 16.5 Å². The summed E-state index contributed by atoms with van der Waals surface area (Å²) in [6.07, 6.45) is 7.23. The number of allylic oxidation sites excluding steroid dienone is 1. The Bertz CT molecular complexity index is 1940. The Kier molecular flexibility index (Phi) is 9.16. The minimum absolute atomic E-state index is 0.0998. The van der Waals surface area contributed by atoms with Crippen molar-refractivity contribution in [2.75, 3.05) is 25.4 Å². The number of hydrogen-bond acceptors (Lipinski definition) is 10. The number of anilines is 1. The third kappa shape index (κ3) is 6.52. The van der Waals surface area contributed by atoms with Gasteiger partial charge in [0, 0.05) is 55.7 Å². The van der Waals surface area contributed by atoms with Gasteiger partial charge < -0.3 is 21.5 Å². The molecule has 4 aromatic rings. The first-order valence-electron chi connectivity index (χ1n) is 15.9. The number of aromatic hydroxyl groups is 1.